The second kappa shape index (κ2) is 9.81. The summed E-state index contributed by atoms with van der Waals surface area (Å²) < 4.78 is 5.09. The van der Waals surface area contributed by atoms with Gasteiger partial charge < -0.3 is 15.8 Å². The fourth-order valence-corrected chi connectivity index (χ4v) is 1.90. The first-order valence-corrected chi connectivity index (χ1v) is 7.60. The zero-order valence-corrected chi connectivity index (χ0v) is 12.6. The molecule has 1 rings (SSSR count). The van der Waals surface area contributed by atoms with Crippen molar-refractivity contribution in [3.63, 3.8) is 0 Å². The number of ether oxygens (including phenoxy) is 1. The molecule has 0 aliphatic heterocycles. The number of unbranched alkanes of at least 4 members (excludes halogenated alkanes) is 1. The van der Waals surface area contributed by atoms with Gasteiger partial charge in [0.1, 0.15) is 6.61 Å². The molecule has 106 valence electrons. The minimum Gasteiger partial charge on any atom is -0.445 e. The van der Waals surface area contributed by atoms with E-state index in [4.69, 9.17) is 10.5 Å². The minimum absolute atomic E-state index is 0.199. The van der Waals surface area contributed by atoms with E-state index in [0.717, 1.165) is 30.2 Å². The average molecular weight is 329 g/mol. The molecule has 0 fully saturated rings. The summed E-state index contributed by atoms with van der Waals surface area (Å²) >= 11 is 3.34. The van der Waals surface area contributed by atoms with Crippen molar-refractivity contribution in [1.29, 1.82) is 0 Å². The lowest BCUT2D eigenvalue weighted by atomic mass is 10.1. The Morgan fingerprint density at radius 3 is 2.74 bits per heavy atom. The lowest BCUT2D eigenvalue weighted by molar-refractivity contribution is 0.139. The zero-order valence-electron chi connectivity index (χ0n) is 11.0. The topological polar surface area (TPSA) is 64.3 Å². The van der Waals surface area contributed by atoms with Crippen LogP contribution in [0.1, 0.15) is 24.8 Å². The molecule has 0 aromatic heterocycles. The summed E-state index contributed by atoms with van der Waals surface area (Å²) in [6.07, 6.45) is 2.52. The van der Waals surface area contributed by atoms with Gasteiger partial charge in [0, 0.05) is 17.9 Å². The Labute approximate surface area is 122 Å². The Kier molecular flexibility index (Phi) is 8.25. The van der Waals surface area contributed by atoms with Gasteiger partial charge in [-0.2, -0.15) is 0 Å². The minimum atomic E-state index is -0.367. The van der Waals surface area contributed by atoms with E-state index >= 15 is 0 Å². The number of carbonyl (C=O) groups excluding carboxylic acids is 1. The van der Waals surface area contributed by atoms with Crippen LogP contribution in [0.15, 0.2) is 30.3 Å². The molecular weight excluding hydrogens is 308 g/mol. The fraction of sp³-hybridized carbons (Fsp3) is 0.500. The number of benzene rings is 1. The molecule has 1 atom stereocenters. The summed E-state index contributed by atoms with van der Waals surface area (Å²) in [5.74, 6) is 0. The first kappa shape index (κ1) is 16.0. The Balaban J connectivity index is 2.02. The Morgan fingerprint density at radius 2 is 2.05 bits per heavy atom. The van der Waals surface area contributed by atoms with Gasteiger partial charge in [0.2, 0.25) is 0 Å². The highest BCUT2D eigenvalue weighted by Crippen LogP contribution is 2.02. The molecule has 0 saturated heterocycles. The van der Waals surface area contributed by atoms with E-state index in [1.807, 2.05) is 30.3 Å². The molecule has 0 aliphatic rings. The maximum atomic E-state index is 11.4. The Hall–Kier alpha value is -1.07. The third kappa shape index (κ3) is 7.85. The van der Waals surface area contributed by atoms with Crippen molar-refractivity contribution in [2.75, 3.05) is 11.9 Å². The second-order valence-electron chi connectivity index (χ2n) is 4.40. The molecule has 0 radical (unpaired) electrons. The quantitative estimate of drug-likeness (QED) is 0.569. The van der Waals surface area contributed by atoms with Crippen LogP contribution in [-0.4, -0.2) is 24.0 Å². The standard InChI is InChI=1S/C14H21BrN2O2/c15-10-13(16)8-4-5-9-17-14(18)19-11-12-6-2-1-3-7-12/h1-3,6-7,13H,4-5,8-11,16H2,(H,17,18)/t13-/m0/s1. The van der Waals surface area contributed by atoms with E-state index < -0.39 is 0 Å². The Bertz CT molecular complexity index is 360. The number of alkyl carbamates (subject to hydrolysis) is 1. The molecule has 0 unspecified atom stereocenters. The largest absolute Gasteiger partial charge is 0.445 e. The lowest BCUT2D eigenvalue weighted by Gasteiger charge is -2.08. The molecule has 0 saturated carbocycles. The summed E-state index contributed by atoms with van der Waals surface area (Å²) in [7, 11) is 0. The molecule has 1 aromatic rings. The fourth-order valence-electron chi connectivity index (χ4n) is 1.57. The highest BCUT2D eigenvalue weighted by molar-refractivity contribution is 9.09. The second-order valence-corrected chi connectivity index (χ2v) is 5.05. The number of nitrogens with two attached hydrogens (primary N) is 1. The number of rotatable bonds is 8. The van der Waals surface area contributed by atoms with Crippen molar-refractivity contribution in [3.8, 4) is 0 Å². The van der Waals surface area contributed by atoms with Crippen LogP contribution in [0, 0.1) is 0 Å². The molecular formula is C14H21BrN2O2. The van der Waals surface area contributed by atoms with Gasteiger partial charge >= 0.3 is 6.09 Å². The number of hydrogen-bond acceptors (Lipinski definition) is 3. The van der Waals surface area contributed by atoms with Crippen molar-refractivity contribution < 1.29 is 9.53 Å². The lowest BCUT2D eigenvalue weighted by Crippen LogP contribution is -2.26. The van der Waals surface area contributed by atoms with Crippen LogP contribution in [-0.2, 0) is 11.3 Å². The van der Waals surface area contributed by atoms with Crippen molar-refractivity contribution >= 4 is 22.0 Å². The normalized spacial score (nSPS) is 11.9. The van der Waals surface area contributed by atoms with Gasteiger partial charge in [-0.05, 0) is 18.4 Å². The van der Waals surface area contributed by atoms with Gasteiger partial charge in [0.15, 0.2) is 0 Å². The smallest absolute Gasteiger partial charge is 0.407 e. The third-order valence-electron chi connectivity index (χ3n) is 2.68. The number of nitrogens with one attached hydrogen (secondary N) is 1. The zero-order chi connectivity index (χ0) is 13.9. The monoisotopic (exact) mass is 328 g/mol. The molecule has 0 bridgehead atoms. The van der Waals surface area contributed by atoms with Gasteiger partial charge in [-0.25, -0.2) is 4.79 Å². The van der Waals surface area contributed by atoms with E-state index in [-0.39, 0.29) is 12.1 Å². The predicted molar refractivity (Wildman–Crippen MR) is 80.3 cm³/mol. The van der Waals surface area contributed by atoms with Crippen molar-refractivity contribution in [2.24, 2.45) is 5.73 Å². The SMILES string of the molecule is N[C@H](CBr)CCCCNC(=O)OCc1ccccc1. The Morgan fingerprint density at radius 1 is 1.32 bits per heavy atom. The number of alkyl halides is 1. The van der Waals surface area contributed by atoms with Crippen LogP contribution < -0.4 is 11.1 Å². The van der Waals surface area contributed by atoms with Crippen LogP contribution in [0.5, 0.6) is 0 Å². The maximum absolute atomic E-state index is 11.4. The van der Waals surface area contributed by atoms with Gasteiger partial charge in [-0.1, -0.05) is 52.7 Å². The molecule has 5 heteroatoms. The van der Waals surface area contributed by atoms with Crippen molar-refractivity contribution in [1.82, 2.24) is 5.32 Å². The number of carbonyl (C=O) groups is 1. The van der Waals surface area contributed by atoms with Gasteiger partial charge in [0.05, 0.1) is 0 Å². The first-order valence-electron chi connectivity index (χ1n) is 6.48. The maximum Gasteiger partial charge on any atom is 0.407 e. The molecule has 0 heterocycles. The van der Waals surface area contributed by atoms with E-state index in [1.54, 1.807) is 0 Å². The van der Waals surface area contributed by atoms with E-state index in [1.165, 1.54) is 0 Å². The summed E-state index contributed by atoms with van der Waals surface area (Å²) in [4.78, 5) is 11.4. The van der Waals surface area contributed by atoms with Gasteiger partial charge in [-0.15, -0.1) is 0 Å². The number of halogens is 1. The number of amides is 1. The molecule has 1 amide bonds. The molecule has 19 heavy (non-hydrogen) atoms. The number of hydrogen-bond donors (Lipinski definition) is 2. The van der Waals surface area contributed by atoms with E-state index in [0.29, 0.717) is 13.2 Å². The van der Waals surface area contributed by atoms with Crippen molar-refractivity contribution in [3.05, 3.63) is 35.9 Å². The molecule has 1 aromatic carbocycles. The van der Waals surface area contributed by atoms with Crippen LogP contribution in [0.2, 0.25) is 0 Å². The summed E-state index contributed by atoms with van der Waals surface area (Å²) in [6, 6.07) is 9.82. The van der Waals surface area contributed by atoms with E-state index in [9.17, 15) is 4.79 Å². The highest BCUT2D eigenvalue weighted by atomic mass is 79.9. The molecule has 0 aliphatic carbocycles. The summed E-state index contributed by atoms with van der Waals surface area (Å²) in [5.41, 5.74) is 6.76. The predicted octanol–water partition coefficient (Wildman–Crippen LogP) is 2.81. The summed E-state index contributed by atoms with van der Waals surface area (Å²) in [6.45, 7) is 0.934. The highest BCUT2D eigenvalue weighted by Gasteiger charge is 2.03. The van der Waals surface area contributed by atoms with E-state index in [2.05, 4.69) is 21.2 Å². The van der Waals surface area contributed by atoms with Gasteiger partial charge in [0.25, 0.3) is 0 Å². The molecule has 3 N–H and O–H groups in total. The van der Waals surface area contributed by atoms with Crippen molar-refractivity contribution in [2.45, 2.75) is 31.9 Å². The third-order valence-corrected chi connectivity index (χ3v) is 3.51. The van der Waals surface area contributed by atoms with Gasteiger partial charge in [-0.3, -0.25) is 0 Å². The van der Waals surface area contributed by atoms with Crippen LogP contribution in [0.25, 0.3) is 0 Å². The van der Waals surface area contributed by atoms with Crippen LogP contribution >= 0.6 is 15.9 Å². The molecule has 4 nitrogen and oxygen atoms in total. The molecule has 0 spiro atoms. The average Bonchev–Trinajstić information content (AvgIpc) is 2.45. The first-order chi connectivity index (χ1) is 9.22. The van der Waals surface area contributed by atoms with Crippen LogP contribution in [0.4, 0.5) is 4.79 Å². The van der Waals surface area contributed by atoms with Crippen LogP contribution in [0.3, 0.4) is 0 Å². The summed E-state index contributed by atoms with van der Waals surface area (Å²) in [5, 5.41) is 3.55.